The van der Waals surface area contributed by atoms with Crippen LogP contribution in [0.2, 0.25) is 0 Å². The molecular weight excluding hydrogens is 150 g/mol. The molecular formula is C10H21NO. The van der Waals surface area contributed by atoms with Crippen LogP contribution in [-0.4, -0.2) is 23.8 Å². The Bertz CT molecular complexity index is 125. The van der Waals surface area contributed by atoms with Gasteiger partial charge in [-0.3, -0.25) is 0 Å². The Morgan fingerprint density at radius 2 is 2.25 bits per heavy atom. The molecule has 0 spiro atoms. The molecule has 1 aliphatic rings. The van der Waals surface area contributed by atoms with E-state index in [1.807, 2.05) is 6.92 Å². The largest absolute Gasteiger partial charge is 0.393 e. The Labute approximate surface area is 75.4 Å². The van der Waals surface area contributed by atoms with Crippen LogP contribution in [-0.2, 0) is 0 Å². The van der Waals surface area contributed by atoms with Crippen LogP contribution in [0.5, 0.6) is 0 Å². The van der Waals surface area contributed by atoms with Crippen molar-refractivity contribution in [3.05, 3.63) is 0 Å². The van der Waals surface area contributed by atoms with Gasteiger partial charge in [-0.25, -0.2) is 0 Å². The van der Waals surface area contributed by atoms with Crippen LogP contribution in [0.4, 0.5) is 0 Å². The predicted molar refractivity (Wildman–Crippen MR) is 51.1 cm³/mol. The number of hydrogen-bond donors (Lipinski definition) is 2. The second-order valence-corrected chi connectivity index (χ2v) is 4.11. The molecule has 0 aliphatic heterocycles. The zero-order chi connectivity index (χ0) is 8.97. The molecule has 2 N–H and O–H groups in total. The molecule has 12 heavy (non-hydrogen) atoms. The molecule has 0 aromatic carbocycles. The van der Waals surface area contributed by atoms with Crippen molar-refractivity contribution in [2.45, 2.75) is 51.7 Å². The number of aliphatic hydroxyl groups is 1. The van der Waals surface area contributed by atoms with Gasteiger partial charge < -0.3 is 10.4 Å². The Morgan fingerprint density at radius 1 is 1.50 bits per heavy atom. The molecule has 0 unspecified atom stereocenters. The van der Waals surface area contributed by atoms with Crippen LogP contribution in [0.1, 0.15) is 39.5 Å². The number of rotatable bonds is 4. The minimum atomic E-state index is -0.158. The zero-order valence-corrected chi connectivity index (χ0v) is 8.21. The van der Waals surface area contributed by atoms with Crippen LogP contribution in [0.15, 0.2) is 0 Å². The van der Waals surface area contributed by atoms with E-state index in [-0.39, 0.29) is 6.10 Å². The molecule has 0 heterocycles. The van der Waals surface area contributed by atoms with Gasteiger partial charge in [0.2, 0.25) is 0 Å². The van der Waals surface area contributed by atoms with E-state index in [9.17, 15) is 0 Å². The van der Waals surface area contributed by atoms with E-state index >= 15 is 0 Å². The van der Waals surface area contributed by atoms with Gasteiger partial charge in [0, 0.05) is 6.04 Å². The molecule has 3 atom stereocenters. The highest BCUT2D eigenvalue weighted by Crippen LogP contribution is 2.24. The summed E-state index contributed by atoms with van der Waals surface area (Å²) in [5, 5.41) is 12.6. The quantitative estimate of drug-likeness (QED) is 0.672. The van der Waals surface area contributed by atoms with Crippen LogP contribution in [0.3, 0.4) is 0 Å². The molecule has 2 nitrogen and oxygen atoms in total. The van der Waals surface area contributed by atoms with Gasteiger partial charge in [0.05, 0.1) is 6.10 Å². The molecule has 0 bridgehead atoms. The summed E-state index contributed by atoms with van der Waals surface area (Å²) in [5.74, 6) is 0.832. The Morgan fingerprint density at radius 3 is 2.75 bits per heavy atom. The van der Waals surface area contributed by atoms with E-state index in [1.165, 1.54) is 19.3 Å². The highest BCUT2D eigenvalue weighted by molar-refractivity contribution is 4.79. The molecule has 1 aliphatic carbocycles. The molecule has 1 rings (SSSR count). The predicted octanol–water partition coefficient (Wildman–Crippen LogP) is 1.54. The Kier molecular flexibility index (Phi) is 4.02. The van der Waals surface area contributed by atoms with E-state index in [2.05, 4.69) is 12.2 Å². The maximum atomic E-state index is 9.05. The number of aliphatic hydroxyl groups excluding tert-OH is 1. The summed E-state index contributed by atoms with van der Waals surface area (Å²) < 4.78 is 0. The maximum Gasteiger partial charge on any atom is 0.0524 e. The van der Waals surface area contributed by atoms with E-state index in [0.29, 0.717) is 6.04 Å². The lowest BCUT2D eigenvalue weighted by Crippen LogP contribution is -2.32. The van der Waals surface area contributed by atoms with Crippen molar-refractivity contribution >= 4 is 0 Å². The Hall–Kier alpha value is -0.0800. The van der Waals surface area contributed by atoms with Gasteiger partial charge in [0.25, 0.3) is 0 Å². The summed E-state index contributed by atoms with van der Waals surface area (Å²) in [5.41, 5.74) is 0. The Balaban J connectivity index is 2.06. The molecule has 0 radical (unpaired) electrons. The molecule has 2 heteroatoms. The zero-order valence-electron chi connectivity index (χ0n) is 8.21. The standard InChI is InChI=1S/C10H21NO/c1-8-4-3-5-10(8)11-7-6-9(2)12/h8-12H,3-7H2,1-2H3/t8-,9-,10-/m1/s1. The van der Waals surface area contributed by atoms with Gasteiger partial charge in [0.15, 0.2) is 0 Å². The van der Waals surface area contributed by atoms with Gasteiger partial charge in [0.1, 0.15) is 0 Å². The van der Waals surface area contributed by atoms with Gasteiger partial charge in [-0.05, 0) is 38.6 Å². The van der Waals surface area contributed by atoms with Crippen LogP contribution < -0.4 is 5.32 Å². The summed E-state index contributed by atoms with van der Waals surface area (Å²) in [6.07, 6.45) is 4.78. The average Bonchev–Trinajstić information content (AvgIpc) is 2.36. The van der Waals surface area contributed by atoms with Crippen LogP contribution in [0.25, 0.3) is 0 Å². The van der Waals surface area contributed by atoms with Crippen molar-refractivity contribution in [3.8, 4) is 0 Å². The molecule has 0 aromatic heterocycles. The fourth-order valence-corrected chi connectivity index (χ4v) is 1.93. The van der Waals surface area contributed by atoms with Gasteiger partial charge in [-0.2, -0.15) is 0 Å². The van der Waals surface area contributed by atoms with Crippen LogP contribution in [0, 0.1) is 5.92 Å². The first-order chi connectivity index (χ1) is 5.70. The van der Waals surface area contributed by atoms with Crippen molar-refractivity contribution < 1.29 is 5.11 Å². The first kappa shape index (κ1) is 10.0. The SMILES string of the molecule is C[C@@H]1CCC[C@H]1NCC[C@@H](C)O. The van der Waals surface area contributed by atoms with E-state index < -0.39 is 0 Å². The molecule has 1 saturated carbocycles. The van der Waals surface area contributed by atoms with Gasteiger partial charge in [-0.1, -0.05) is 13.3 Å². The summed E-state index contributed by atoms with van der Waals surface area (Å²) in [6, 6.07) is 0.712. The number of hydrogen-bond acceptors (Lipinski definition) is 2. The highest BCUT2D eigenvalue weighted by Gasteiger charge is 2.22. The molecule has 0 aromatic rings. The molecule has 1 fully saturated rings. The minimum absolute atomic E-state index is 0.158. The highest BCUT2D eigenvalue weighted by atomic mass is 16.3. The van der Waals surface area contributed by atoms with Crippen molar-refractivity contribution in [2.24, 2.45) is 5.92 Å². The first-order valence-electron chi connectivity index (χ1n) is 5.11. The summed E-state index contributed by atoms with van der Waals surface area (Å²) in [7, 11) is 0. The van der Waals surface area contributed by atoms with Crippen molar-refractivity contribution in [1.29, 1.82) is 0 Å². The second kappa shape index (κ2) is 4.83. The van der Waals surface area contributed by atoms with Gasteiger partial charge in [-0.15, -0.1) is 0 Å². The second-order valence-electron chi connectivity index (χ2n) is 4.11. The summed E-state index contributed by atoms with van der Waals surface area (Å²) >= 11 is 0. The monoisotopic (exact) mass is 171 g/mol. The van der Waals surface area contributed by atoms with Crippen molar-refractivity contribution in [3.63, 3.8) is 0 Å². The lowest BCUT2D eigenvalue weighted by molar-refractivity contribution is 0.181. The lowest BCUT2D eigenvalue weighted by Gasteiger charge is -2.17. The first-order valence-corrected chi connectivity index (χ1v) is 5.11. The van der Waals surface area contributed by atoms with Crippen LogP contribution >= 0.6 is 0 Å². The van der Waals surface area contributed by atoms with Crippen molar-refractivity contribution in [2.75, 3.05) is 6.54 Å². The van der Waals surface area contributed by atoms with E-state index in [1.54, 1.807) is 0 Å². The summed E-state index contributed by atoms with van der Waals surface area (Å²) in [6.45, 7) is 5.12. The van der Waals surface area contributed by atoms with Crippen molar-refractivity contribution in [1.82, 2.24) is 5.32 Å². The fourth-order valence-electron chi connectivity index (χ4n) is 1.93. The maximum absolute atomic E-state index is 9.05. The third-order valence-corrected chi connectivity index (χ3v) is 2.83. The minimum Gasteiger partial charge on any atom is -0.393 e. The topological polar surface area (TPSA) is 32.3 Å². The average molecular weight is 171 g/mol. The summed E-state index contributed by atoms with van der Waals surface area (Å²) in [4.78, 5) is 0. The van der Waals surface area contributed by atoms with E-state index in [4.69, 9.17) is 5.11 Å². The normalized spacial score (nSPS) is 32.2. The molecule has 72 valence electrons. The smallest absolute Gasteiger partial charge is 0.0524 e. The van der Waals surface area contributed by atoms with Gasteiger partial charge >= 0.3 is 0 Å². The lowest BCUT2D eigenvalue weighted by atomic mass is 10.1. The third kappa shape index (κ3) is 3.11. The molecule has 0 amide bonds. The van der Waals surface area contributed by atoms with E-state index in [0.717, 1.165) is 18.9 Å². The number of nitrogens with one attached hydrogen (secondary N) is 1. The fraction of sp³-hybridized carbons (Fsp3) is 1.00. The third-order valence-electron chi connectivity index (χ3n) is 2.83. The molecule has 0 saturated heterocycles.